The van der Waals surface area contributed by atoms with Gasteiger partial charge in [-0.05, 0) is 60.1 Å². The van der Waals surface area contributed by atoms with Crippen LogP contribution in [-0.4, -0.2) is 0 Å². The third-order valence-corrected chi connectivity index (χ3v) is 6.29. The summed E-state index contributed by atoms with van der Waals surface area (Å²) in [7, 11) is 0. The molecule has 0 amide bonds. The molecule has 1 heteroatoms. The van der Waals surface area contributed by atoms with E-state index >= 15 is 0 Å². The highest BCUT2D eigenvalue weighted by molar-refractivity contribution is 6.30. The van der Waals surface area contributed by atoms with Gasteiger partial charge in [-0.3, -0.25) is 0 Å². The predicted molar refractivity (Wildman–Crippen MR) is 119 cm³/mol. The summed E-state index contributed by atoms with van der Waals surface area (Å²) in [6, 6.07) is 14.9. The van der Waals surface area contributed by atoms with Gasteiger partial charge in [0.15, 0.2) is 0 Å². The van der Waals surface area contributed by atoms with Gasteiger partial charge in [-0.1, -0.05) is 98.7 Å². The minimum absolute atomic E-state index is 0.331. The van der Waals surface area contributed by atoms with Gasteiger partial charge in [0.25, 0.3) is 0 Å². The lowest BCUT2D eigenvalue weighted by Gasteiger charge is -2.34. The van der Waals surface area contributed by atoms with E-state index in [-0.39, 0.29) is 5.41 Å². The van der Waals surface area contributed by atoms with Crippen molar-refractivity contribution in [1.29, 1.82) is 0 Å². The van der Waals surface area contributed by atoms with Crippen molar-refractivity contribution in [2.75, 3.05) is 0 Å². The van der Waals surface area contributed by atoms with Gasteiger partial charge in [0.1, 0.15) is 0 Å². The predicted octanol–water partition coefficient (Wildman–Crippen LogP) is 7.98. The van der Waals surface area contributed by atoms with Crippen molar-refractivity contribution in [3.63, 3.8) is 0 Å². The van der Waals surface area contributed by atoms with E-state index in [1.54, 1.807) is 0 Å². The van der Waals surface area contributed by atoms with Crippen LogP contribution in [0, 0.1) is 11.8 Å². The quantitative estimate of drug-likeness (QED) is 0.366. The Kier molecular flexibility index (Phi) is 5.49. The Labute approximate surface area is 169 Å². The average molecular weight is 377 g/mol. The highest BCUT2D eigenvalue weighted by atomic mass is 35.5. The Balaban J connectivity index is 2.22. The van der Waals surface area contributed by atoms with Crippen molar-refractivity contribution in [1.82, 2.24) is 0 Å². The van der Waals surface area contributed by atoms with Crippen molar-refractivity contribution in [2.24, 2.45) is 11.8 Å². The van der Waals surface area contributed by atoms with Crippen LogP contribution in [0.25, 0.3) is 11.1 Å². The van der Waals surface area contributed by atoms with Crippen molar-refractivity contribution in [3.05, 3.63) is 94.6 Å². The summed E-state index contributed by atoms with van der Waals surface area (Å²) in [6.07, 6.45) is 6.75. The Morgan fingerprint density at radius 3 is 2.33 bits per heavy atom. The molecule has 0 spiro atoms. The first-order chi connectivity index (χ1) is 12.8. The lowest BCUT2D eigenvalue weighted by Crippen LogP contribution is -2.28. The zero-order chi connectivity index (χ0) is 19.8. The molecular weight excluding hydrogens is 348 g/mol. The lowest BCUT2D eigenvalue weighted by atomic mass is 9.68. The second kappa shape index (κ2) is 7.52. The van der Waals surface area contributed by atoms with Gasteiger partial charge < -0.3 is 0 Å². The molecule has 1 unspecified atom stereocenters. The molecular formula is C26H29Cl. The van der Waals surface area contributed by atoms with Crippen molar-refractivity contribution < 1.29 is 0 Å². The molecule has 0 aromatic heterocycles. The van der Waals surface area contributed by atoms with E-state index < -0.39 is 0 Å². The minimum atomic E-state index is -0.331. The largest absolute Gasteiger partial charge is 0.0986 e. The van der Waals surface area contributed by atoms with Crippen LogP contribution in [0.2, 0.25) is 5.02 Å². The van der Waals surface area contributed by atoms with Crippen LogP contribution in [0.15, 0.2) is 78.4 Å². The average Bonchev–Trinajstić information content (AvgIpc) is 2.91. The molecule has 0 heterocycles. The molecule has 27 heavy (non-hydrogen) atoms. The third kappa shape index (κ3) is 3.21. The van der Waals surface area contributed by atoms with E-state index in [1.807, 2.05) is 6.07 Å². The van der Waals surface area contributed by atoms with Gasteiger partial charge in [0.2, 0.25) is 0 Å². The Morgan fingerprint density at radius 2 is 1.67 bits per heavy atom. The second-order valence-corrected chi connectivity index (χ2v) is 8.54. The van der Waals surface area contributed by atoms with Gasteiger partial charge in [-0.15, -0.1) is 0 Å². The first-order valence-corrected chi connectivity index (χ1v) is 10.1. The normalized spacial score (nSPS) is 20.0. The van der Waals surface area contributed by atoms with Crippen molar-refractivity contribution >= 4 is 11.6 Å². The zero-order valence-corrected chi connectivity index (χ0v) is 17.8. The van der Waals surface area contributed by atoms with Gasteiger partial charge in [-0.2, -0.15) is 0 Å². The number of hydrogen-bond donors (Lipinski definition) is 0. The maximum absolute atomic E-state index is 6.42. The third-order valence-electron chi connectivity index (χ3n) is 6.05. The number of hydrogen-bond acceptors (Lipinski definition) is 0. The van der Waals surface area contributed by atoms with E-state index in [9.17, 15) is 0 Å². The van der Waals surface area contributed by atoms with Crippen LogP contribution in [-0.2, 0) is 5.41 Å². The SMILES string of the molecule is C=C(C)C1(/C(C)=C/C=C\[C@@H](C)C(C)C)c2ccccc2-c2ccc(Cl)cc21. The fourth-order valence-electron chi connectivity index (χ4n) is 4.20. The van der Waals surface area contributed by atoms with Crippen molar-refractivity contribution in [3.8, 4) is 11.1 Å². The monoisotopic (exact) mass is 376 g/mol. The van der Waals surface area contributed by atoms with Gasteiger partial charge in [-0.25, -0.2) is 0 Å². The lowest BCUT2D eigenvalue weighted by molar-refractivity contribution is 0.504. The molecule has 2 aromatic rings. The summed E-state index contributed by atoms with van der Waals surface area (Å²) >= 11 is 6.42. The maximum Gasteiger partial charge on any atom is 0.0629 e. The van der Waals surface area contributed by atoms with Crippen LogP contribution in [0.5, 0.6) is 0 Å². The van der Waals surface area contributed by atoms with Crippen LogP contribution in [0.4, 0.5) is 0 Å². The fraction of sp³-hybridized carbons (Fsp3) is 0.308. The maximum atomic E-state index is 6.42. The standard InChI is InChI=1S/C26H29Cl/c1-17(2)19(5)10-9-11-20(6)26(18(3)4)24-13-8-7-12-22(24)23-15-14-21(27)16-25(23)26/h7-17,19H,3H2,1-2,4-6H3/b10-9-,20-11+/t19-,26?/m1/s1. The summed E-state index contributed by atoms with van der Waals surface area (Å²) in [5.41, 5.74) is 7.13. The Morgan fingerprint density at radius 1 is 1.00 bits per heavy atom. The van der Waals surface area contributed by atoms with E-state index in [4.69, 9.17) is 11.6 Å². The molecule has 3 rings (SSSR count). The first kappa shape index (κ1) is 19.7. The van der Waals surface area contributed by atoms with E-state index in [2.05, 4.69) is 95.8 Å². The molecule has 2 atom stereocenters. The summed E-state index contributed by atoms with van der Waals surface area (Å²) in [5, 5.41) is 0.768. The molecule has 1 aliphatic rings. The molecule has 0 nitrogen and oxygen atoms in total. The van der Waals surface area contributed by atoms with Gasteiger partial charge in [0.05, 0.1) is 5.41 Å². The van der Waals surface area contributed by atoms with Crippen molar-refractivity contribution in [2.45, 2.75) is 40.0 Å². The molecule has 0 N–H and O–H groups in total. The zero-order valence-electron chi connectivity index (χ0n) is 17.0. The Hall–Kier alpha value is -2.05. The smallest absolute Gasteiger partial charge is 0.0629 e. The van der Waals surface area contributed by atoms with Crippen LogP contribution in [0.1, 0.15) is 45.7 Å². The van der Waals surface area contributed by atoms with Crippen LogP contribution >= 0.6 is 11.6 Å². The molecule has 140 valence electrons. The van der Waals surface area contributed by atoms with E-state index in [0.29, 0.717) is 11.8 Å². The Bertz CT molecular complexity index is 929. The van der Waals surface area contributed by atoms with Crippen LogP contribution < -0.4 is 0 Å². The number of halogens is 1. The molecule has 0 fully saturated rings. The topological polar surface area (TPSA) is 0 Å². The molecule has 2 aromatic carbocycles. The number of fused-ring (bicyclic) bond motifs is 3. The second-order valence-electron chi connectivity index (χ2n) is 8.10. The summed E-state index contributed by atoms with van der Waals surface area (Å²) in [5.74, 6) is 1.18. The van der Waals surface area contributed by atoms with Crippen LogP contribution in [0.3, 0.4) is 0 Å². The summed E-state index contributed by atoms with van der Waals surface area (Å²) in [6.45, 7) is 15.5. The number of allylic oxidation sites excluding steroid dienone is 5. The molecule has 0 saturated carbocycles. The minimum Gasteiger partial charge on any atom is -0.0986 e. The highest BCUT2D eigenvalue weighted by Gasteiger charge is 2.45. The first-order valence-electron chi connectivity index (χ1n) is 9.71. The van der Waals surface area contributed by atoms with Gasteiger partial charge >= 0.3 is 0 Å². The number of rotatable bonds is 5. The summed E-state index contributed by atoms with van der Waals surface area (Å²) < 4.78 is 0. The molecule has 1 aliphatic carbocycles. The molecule has 0 bridgehead atoms. The molecule has 0 aliphatic heterocycles. The van der Waals surface area contributed by atoms with Gasteiger partial charge in [0, 0.05) is 5.02 Å². The molecule has 0 radical (unpaired) electrons. The van der Waals surface area contributed by atoms with E-state index in [0.717, 1.165) is 10.6 Å². The summed E-state index contributed by atoms with van der Waals surface area (Å²) in [4.78, 5) is 0. The highest BCUT2D eigenvalue weighted by Crippen LogP contribution is 2.56. The number of benzene rings is 2. The fourth-order valence-corrected chi connectivity index (χ4v) is 4.37. The van der Waals surface area contributed by atoms with E-state index in [1.165, 1.54) is 27.8 Å². The molecule has 0 saturated heterocycles.